The van der Waals surface area contributed by atoms with Crippen LogP contribution >= 0.6 is 0 Å². The van der Waals surface area contributed by atoms with Crippen LogP contribution in [0.4, 0.5) is 0 Å². The second kappa shape index (κ2) is 2.94. The summed E-state index contributed by atoms with van der Waals surface area (Å²) in [4.78, 5) is 0. The van der Waals surface area contributed by atoms with Crippen LogP contribution in [0.3, 0.4) is 0 Å². The molecule has 0 amide bonds. The molecule has 3 rings (SSSR count). The molecular formula is C12H12N2O. The second-order valence-electron chi connectivity index (χ2n) is 4.04. The Morgan fingerprint density at radius 3 is 2.60 bits per heavy atom. The van der Waals surface area contributed by atoms with Gasteiger partial charge in [0.15, 0.2) is 0 Å². The average Bonchev–Trinajstić information content (AvgIpc) is 2.85. The first kappa shape index (κ1) is 8.68. The van der Waals surface area contributed by atoms with Crippen LogP contribution in [-0.2, 0) is 5.60 Å². The Bertz CT molecular complexity index is 471. The van der Waals surface area contributed by atoms with Crippen molar-refractivity contribution in [3.05, 3.63) is 48.3 Å². The number of aromatic nitrogens is 2. The lowest BCUT2D eigenvalue weighted by atomic mass is 10.2. The van der Waals surface area contributed by atoms with Crippen molar-refractivity contribution < 1.29 is 5.11 Å². The van der Waals surface area contributed by atoms with Crippen molar-refractivity contribution in [1.82, 2.24) is 9.78 Å². The summed E-state index contributed by atoms with van der Waals surface area (Å²) < 4.78 is 1.80. The summed E-state index contributed by atoms with van der Waals surface area (Å²) in [7, 11) is 0. The van der Waals surface area contributed by atoms with Crippen molar-refractivity contribution in [2.45, 2.75) is 18.4 Å². The first-order chi connectivity index (χ1) is 7.28. The summed E-state index contributed by atoms with van der Waals surface area (Å²) in [6.45, 7) is 0. The van der Waals surface area contributed by atoms with E-state index in [1.807, 2.05) is 36.5 Å². The van der Waals surface area contributed by atoms with E-state index in [0.29, 0.717) is 0 Å². The predicted molar refractivity (Wildman–Crippen MR) is 56.7 cm³/mol. The van der Waals surface area contributed by atoms with E-state index in [1.165, 1.54) is 0 Å². The van der Waals surface area contributed by atoms with Crippen molar-refractivity contribution in [2.75, 3.05) is 0 Å². The molecule has 0 bridgehead atoms. The molecule has 1 fully saturated rings. The van der Waals surface area contributed by atoms with E-state index in [4.69, 9.17) is 0 Å². The van der Waals surface area contributed by atoms with E-state index in [-0.39, 0.29) is 0 Å². The maximum Gasteiger partial charge on any atom is 0.0929 e. The van der Waals surface area contributed by atoms with Crippen molar-refractivity contribution >= 4 is 0 Å². The third-order valence-corrected chi connectivity index (χ3v) is 2.86. The van der Waals surface area contributed by atoms with E-state index in [2.05, 4.69) is 5.10 Å². The van der Waals surface area contributed by atoms with Crippen LogP contribution in [0.1, 0.15) is 18.4 Å². The highest BCUT2D eigenvalue weighted by Crippen LogP contribution is 2.45. The van der Waals surface area contributed by atoms with Crippen LogP contribution in [0.15, 0.2) is 42.7 Å². The number of benzene rings is 1. The SMILES string of the molecule is OC1(c2cnn(-c3ccccc3)c2)CC1. The zero-order valence-electron chi connectivity index (χ0n) is 8.30. The number of aliphatic hydroxyl groups is 1. The van der Waals surface area contributed by atoms with Crippen molar-refractivity contribution in [1.29, 1.82) is 0 Å². The molecule has 0 saturated heterocycles. The number of hydrogen-bond donors (Lipinski definition) is 1. The van der Waals surface area contributed by atoms with Crippen molar-refractivity contribution in [3.63, 3.8) is 0 Å². The van der Waals surface area contributed by atoms with Gasteiger partial charge in [0.1, 0.15) is 0 Å². The summed E-state index contributed by atoms with van der Waals surface area (Å²) in [5.41, 5.74) is 1.35. The molecule has 0 unspecified atom stereocenters. The topological polar surface area (TPSA) is 38.1 Å². The second-order valence-corrected chi connectivity index (χ2v) is 4.04. The Labute approximate surface area is 88.0 Å². The summed E-state index contributed by atoms with van der Waals surface area (Å²) >= 11 is 0. The maximum absolute atomic E-state index is 9.91. The van der Waals surface area contributed by atoms with Gasteiger partial charge < -0.3 is 5.11 Å². The third-order valence-electron chi connectivity index (χ3n) is 2.86. The Kier molecular flexibility index (Phi) is 1.70. The largest absolute Gasteiger partial charge is 0.385 e. The van der Waals surface area contributed by atoms with Gasteiger partial charge in [0.2, 0.25) is 0 Å². The monoisotopic (exact) mass is 200 g/mol. The van der Waals surface area contributed by atoms with Gasteiger partial charge in [0.05, 0.1) is 17.5 Å². The summed E-state index contributed by atoms with van der Waals surface area (Å²) in [5.74, 6) is 0. The maximum atomic E-state index is 9.91. The number of hydrogen-bond acceptors (Lipinski definition) is 2. The van der Waals surface area contributed by atoms with Crippen LogP contribution in [-0.4, -0.2) is 14.9 Å². The molecule has 0 spiro atoms. The van der Waals surface area contributed by atoms with E-state index in [0.717, 1.165) is 24.1 Å². The molecule has 15 heavy (non-hydrogen) atoms. The lowest BCUT2D eigenvalue weighted by molar-refractivity contribution is 0.151. The van der Waals surface area contributed by atoms with Crippen LogP contribution < -0.4 is 0 Å². The van der Waals surface area contributed by atoms with Gasteiger partial charge in [0.25, 0.3) is 0 Å². The molecule has 1 heterocycles. The quantitative estimate of drug-likeness (QED) is 0.803. The molecule has 3 heteroatoms. The Morgan fingerprint density at radius 2 is 1.93 bits per heavy atom. The van der Waals surface area contributed by atoms with Gasteiger partial charge in [-0.15, -0.1) is 0 Å². The fourth-order valence-electron chi connectivity index (χ4n) is 1.69. The molecule has 2 aromatic rings. The van der Waals surface area contributed by atoms with Gasteiger partial charge in [-0.2, -0.15) is 5.10 Å². The Morgan fingerprint density at radius 1 is 1.20 bits per heavy atom. The first-order valence-electron chi connectivity index (χ1n) is 5.11. The van der Waals surface area contributed by atoms with E-state index >= 15 is 0 Å². The predicted octanol–water partition coefficient (Wildman–Crippen LogP) is 1.85. The molecule has 1 saturated carbocycles. The lowest BCUT2D eigenvalue weighted by Crippen LogP contribution is -2.02. The zero-order chi connectivity index (χ0) is 10.3. The Hall–Kier alpha value is -1.61. The fraction of sp³-hybridized carbons (Fsp3) is 0.250. The van der Waals surface area contributed by atoms with E-state index in [1.54, 1.807) is 10.9 Å². The van der Waals surface area contributed by atoms with E-state index in [9.17, 15) is 5.11 Å². The number of nitrogens with zero attached hydrogens (tertiary/aromatic N) is 2. The van der Waals surface area contributed by atoms with E-state index < -0.39 is 5.60 Å². The fourth-order valence-corrected chi connectivity index (χ4v) is 1.69. The minimum Gasteiger partial charge on any atom is -0.385 e. The minimum atomic E-state index is -0.590. The van der Waals surface area contributed by atoms with Crippen molar-refractivity contribution in [3.8, 4) is 5.69 Å². The molecule has 0 atom stereocenters. The van der Waals surface area contributed by atoms with Gasteiger partial charge in [-0.05, 0) is 25.0 Å². The van der Waals surface area contributed by atoms with Crippen LogP contribution in [0, 0.1) is 0 Å². The van der Waals surface area contributed by atoms with Gasteiger partial charge in [-0.25, -0.2) is 4.68 Å². The smallest absolute Gasteiger partial charge is 0.0929 e. The molecule has 3 nitrogen and oxygen atoms in total. The lowest BCUT2D eigenvalue weighted by Gasteiger charge is -2.02. The van der Waals surface area contributed by atoms with Gasteiger partial charge in [-0.1, -0.05) is 18.2 Å². The normalized spacial score (nSPS) is 17.7. The standard InChI is InChI=1S/C12H12N2O/c15-12(6-7-12)10-8-13-14(9-10)11-4-2-1-3-5-11/h1-5,8-9,15H,6-7H2. The molecular weight excluding hydrogens is 188 g/mol. The molecule has 1 aromatic carbocycles. The summed E-state index contributed by atoms with van der Waals surface area (Å²) in [6, 6.07) is 9.91. The number of para-hydroxylation sites is 1. The highest BCUT2D eigenvalue weighted by Gasteiger charge is 2.43. The summed E-state index contributed by atoms with van der Waals surface area (Å²) in [6.07, 6.45) is 5.36. The molecule has 1 N–H and O–H groups in total. The highest BCUT2D eigenvalue weighted by molar-refractivity contribution is 5.33. The highest BCUT2D eigenvalue weighted by atomic mass is 16.3. The Balaban J connectivity index is 1.97. The van der Waals surface area contributed by atoms with Gasteiger partial charge in [-0.3, -0.25) is 0 Å². The first-order valence-corrected chi connectivity index (χ1v) is 5.11. The van der Waals surface area contributed by atoms with Gasteiger partial charge >= 0.3 is 0 Å². The average molecular weight is 200 g/mol. The van der Waals surface area contributed by atoms with Crippen LogP contribution in [0.2, 0.25) is 0 Å². The number of rotatable bonds is 2. The molecule has 1 aliphatic rings. The molecule has 76 valence electrons. The third kappa shape index (κ3) is 1.45. The molecule has 1 aliphatic carbocycles. The van der Waals surface area contributed by atoms with Gasteiger partial charge in [0, 0.05) is 11.8 Å². The van der Waals surface area contributed by atoms with Crippen LogP contribution in [0.25, 0.3) is 5.69 Å². The van der Waals surface area contributed by atoms with Crippen molar-refractivity contribution in [2.24, 2.45) is 0 Å². The molecule has 0 aliphatic heterocycles. The van der Waals surface area contributed by atoms with Crippen LogP contribution in [0.5, 0.6) is 0 Å². The summed E-state index contributed by atoms with van der Waals surface area (Å²) in [5, 5.41) is 14.2. The molecule has 1 aromatic heterocycles. The minimum absolute atomic E-state index is 0.590. The molecule has 0 radical (unpaired) electrons. The zero-order valence-corrected chi connectivity index (χ0v) is 8.30.